The topological polar surface area (TPSA) is 37.8 Å². The highest BCUT2D eigenvalue weighted by molar-refractivity contribution is 7.99. The molecule has 1 fully saturated rings. The monoisotopic (exact) mass is 209 g/mol. The Hall–Kier alpha value is -0.610. The molecule has 1 aliphatic carbocycles. The van der Waals surface area contributed by atoms with Gasteiger partial charge in [-0.25, -0.2) is 4.98 Å². The lowest BCUT2D eigenvalue weighted by Gasteiger charge is -2.09. The van der Waals surface area contributed by atoms with Crippen molar-refractivity contribution in [1.82, 2.24) is 15.3 Å². The average molecular weight is 209 g/mol. The van der Waals surface area contributed by atoms with Gasteiger partial charge in [0.15, 0.2) is 0 Å². The fourth-order valence-electron chi connectivity index (χ4n) is 1.83. The highest BCUT2D eigenvalue weighted by atomic mass is 32.2. The summed E-state index contributed by atoms with van der Waals surface area (Å²) in [6, 6.07) is 0.698. The Morgan fingerprint density at radius 2 is 2.36 bits per heavy atom. The van der Waals surface area contributed by atoms with Gasteiger partial charge in [-0.15, -0.1) is 11.8 Å². The van der Waals surface area contributed by atoms with Gasteiger partial charge in [0.25, 0.3) is 0 Å². The Morgan fingerprint density at radius 3 is 3.00 bits per heavy atom. The molecule has 1 heterocycles. The molecule has 2 unspecified atom stereocenters. The largest absolute Gasteiger partial charge is 0.317 e. The molecule has 0 aliphatic heterocycles. The van der Waals surface area contributed by atoms with Crippen molar-refractivity contribution in [2.24, 2.45) is 0 Å². The second-order valence-corrected chi connectivity index (χ2v) is 4.90. The summed E-state index contributed by atoms with van der Waals surface area (Å²) in [6.45, 7) is 0. The van der Waals surface area contributed by atoms with Gasteiger partial charge in [0.05, 0.1) is 6.20 Å². The molecule has 0 saturated heterocycles. The maximum absolute atomic E-state index is 4.27. The van der Waals surface area contributed by atoms with Crippen LogP contribution in [0.25, 0.3) is 0 Å². The molecule has 0 radical (unpaired) electrons. The normalized spacial score (nSPS) is 26.6. The van der Waals surface area contributed by atoms with Crippen LogP contribution in [-0.2, 0) is 0 Å². The van der Waals surface area contributed by atoms with Crippen molar-refractivity contribution in [2.75, 3.05) is 7.05 Å². The summed E-state index contributed by atoms with van der Waals surface area (Å²) < 4.78 is 0. The number of aromatic nitrogens is 2. The Labute approximate surface area is 88.7 Å². The smallest absolute Gasteiger partial charge is 0.115 e. The predicted octanol–water partition coefficient (Wildman–Crippen LogP) is 1.71. The number of hydrogen-bond donors (Lipinski definition) is 1. The van der Waals surface area contributed by atoms with Crippen LogP contribution >= 0.6 is 11.8 Å². The number of nitrogens with zero attached hydrogens (tertiary/aromatic N) is 2. The van der Waals surface area contributed by atoms with Crippen LogP contribution in [0.3, 0.4) is 0 Å². The third kappa shape index (κ3) is 2.45. The van der Waals surface area contributed by atoms with Gasteiger partial charge in [0.2, 0.25) is 0 Å². The van der Waals surface area contributed by atoms with Gasteiger partial charge >= 0.3 is 0 Å². The lowest BCUT2D eigenvalue weighted by molar-refractivity contribution is 0.583. The quantitative estimate of drug-likeness (QED) is 0.822. The van der Waals surface area contributed by atoms with E-state index in [9.17, 15) is 0 Å². The highest BCUT2D eigenvalue weighted by Gasteiger charge is 2.24. The first kappa shape index (κ1) is 9.93. The van der Waals surface area contributed by atoms with Crippen LogP contribution in [0.2, 0.25) is 0 Å². The van der Waals surface area contributed by atoms with Crippen molar-refractivity contribution >= 4 is 11.8 Å². The minimum absolute atomic E-state index is 0.698. The van der Waals surface area contributed by atoms with Crippen molar-refractivity contribution < 1.29 is 0 Å². The first-order chi connectivity index (χ1) is 6.88. The lowest BCUT2D eigenvalue weighted by atomic mass is 10.3. The van der Waals surface area contributed by atoms with E-state index in [1.54, 1.807) is 12.4 Å². The van der Waals surface area contributed by atoms with E-state index >= 15 is 0 Å². The molecule has 2 atom stereocenters. The number of thioether (sulfide) groups is 1. The second-order valence-electron chi connectivity index (χ2n) is 3.58. The summed E-state index contributed by atoms with van der Waals surface area (Å²) >= 11 is 1.86. The molecule has 3 nitrogen and oxygen atoms in total. The Balaban J connectivity index is 1.88. The third-order valence-corrected chi connectivity index (χ3v) is 3.83. The summed E-state index contributed by atoms with van der Waals surface area (Å²) in [5, 5.41) is 5.09. The molecule has 1 saturated carbocycles. The van der Waals surface area contributed by atoms with Crippen LogP contribution in [0.5, 0.6) is 0 Å². The molecule has 0 aromatic carbocycles. The van der Waals surface area contributed by atoms with E-state index < -0.39 is 0 Å². The van der Waals surface area contributed by atoms with Gasteiger partial charge in [-0.3, -0.25) is 4.98 Å². The van der Waals surface area contributed by atoms with E-state index in [1.807, 2.05) is 25.0 Å². The fraction of sp³-hybridized carbons (Fsp3) is 0.600. The Kier molecular flexibility index (Phi) is 3.37. The maximum Gasteiger partial charge on any atom is 0.115 e. The molecule has 4 heteroatoms. The van der Waals surface area contributed by atoms with Crippen molar-refractivity contribution in [3.63, 3.8) is 0 Å². The summed E-state index contributed by atoms with van der Waals surface area (Å²) in [4.78, 5) is 8.34. The zero-order chi connectivity index (χ0) is 9.80. The number of hydrogen-bond acceptors (Lipinski definition) is 4. The van der Waals surface area contributed by atoms with Crippen molar-refractivity contribution in [1.29, 1.82) is 0 Å². The van der Waals surface area contributed by atoms with Crippen molar-refractivity contribution in [2.45, 2.75) is 35.6 Å². The minimum Gasteiger partial charge on any atom is -0.317 e. The zero-order valence-corrected chi connectivity index (χ0v) is 9.13. The van der Waals surface area contributed by atoms with Crippen molar-refractivity contribution in [3.05, 3.63) is 18.6 Å². The van der Waals surface area contributed by atoms with Gasteiger partial charge in [-0.2, -0.15) is 0 Å². The Morgan fingerprint density at radius 1 is 1.43 bits per heavy atom. The summed E-state index contributed by atoms with van der Waals surface area (Å²) in [5.74, 6) is 0. The molecular formula is C10H15N3S. The average Bonchev–Trinajstić information content (AvgIpc) is 2.67. The molecule has 76 valence electrons. The standard InChI is InChI=1S/C10H15N3S/c1-11-8-2-3-9(6-8)14-10-7-12-4-5-13-10/h4-5,7-9,11H,2-3,6H2,1H3. The van der Waals surface area contributed by atoms with E-state index in [4.69, 9.17) is 0 Å². The van der Waals surface area contributed by atoms with Crippen LogP contribution < -0.4 is 5.32 Å². The predicted molar refractivity (Wildman–Crippen MR) is 58.4 cm³/mol. The van der Waals surface area contributed by atoms with E-state index in [0.717, 1.165) is 5.03 Å². The van der Waals surface area contributed by atoms with Gasteiger partial charge in [0, 0.05) is 23.7 Å². The van der Waals surface area contributed by atoms with Crippen LogP contribution in [0.1, 0.15) is 19.3 Å². The summed E-state index contributed by atoms with van der Waals surface area (Å²) in [6.07, 6.45) is 9.14. The first-order valence-corrected chi connectivity index (χ1v) is 5.86. The van der Waals surface area contributed by atoms with E-state index in [2.05, 4.69) is 15.3 Å². The molecule has 0 spiro atoms. The van der Waals surface area contributed by atoms with Gasteiger partial charge < -0.3 is 5.32 Å². The van der Waals surface area contributed by atoms with Crippen LogP contribution in [0, 0.1) is 0 Å². The molecule has 1 aromatic heterocycles. The van der Waals surface area contributed by atoms with Crippen molar-refractivity contribution in [3.8, 4) is 0 Å². The summed E-state index contributed by atoms with van der Waals surface area (Å²) in [7, 11) is 2.04. The van der Waals surface area contributed by atoms with Crippen LogP contribution in [-0.4, -0.2) is 28.3 Å². The molecule has 1 aromatic rings. The third-order valence-electron chi connectivity index (χ3n) is 2.62. The minimum atomic E-state index is 0.698. The molecule has 1 aliphatic rings. The molecule has 1 N–H and O–H groups in total. The van der Waals surface area contributed by atoms with Gasteiger partial charge in [-0.1, -0.05) is 0 Å². The van der Waals surface area contributed by atoms with Gasteiger partial charge in [-0.05, 0) is 26.3 Å². The summed E-state index contributed by atoms with van der Waals surface area (Å²) in [5.41, 5.74) is 0. The highest BCUT2D eigenvalue weighted by Crippen LogP contribution is 2.33. The van der Waals surface area contributed by atoms with E-state index in [1.165, 1.54) is 19.3 Å². The van der Waals surface area contributed by atoms with E-state index in [-0.39, 0.29) is 0 Å². The SMILES string of the molecule is CNC1CCC(Sc2cnccn2)C1. The zero-order valence-electron chi connectivity index (χ0n) is 8.31. The molecule has 0 bridgehead atoms. The first-order valence-electron chi connectivity index (χ1n) is 4.98. The second kappa shape index (κ2) is 4.75. The molecule has 14 heavy (non-hydrogen) atoms. The lowest BCUT2D eigenvalue weighted by Crippen LogP contribution is -2.21. The van der Waals surface area contributed by atoms with Crippen LogP contribution in [0.15, 0.2) is 23.6 Å². The number of nitrogens with one attached hydrogen (secondary N) is 1. The van der Waals surface area contributed by atoms with E-state index in [0.29, 0.717) is 11.3 Å². The molecular weight excluding hydrogens is 194 g/mol. The fourth-order valence-corrected chi connectivity index (χ4v) is 2.99. The maximum atomic E-state index is 4.27. The molecule has 0 amide bonds. The Bertz CT molecular complexity index is 278. The number of rotatable bonds is 3. The van der Waals surface area contributed by atoms with Gasteiger partial charge in [0.1, 0.15) is 5.03 Å². The molecule has 2 rings (SSSR count). The van der Waals surface area contributed by atoms with Crippen LogP contribution in [0.4, 0.5) is 0 Å².